The molecular weight excluding hydrogens is 268 g/mol. The predicted octanol–water partition coefficient (Wildman–Crippen LogP) is -2.03. The van der Waals surface area contributed by atoms with Crippen molar-refractivity contribution < 1.29 is 37.2 Å². The van der Waals surface area contributed by atoms with Crippen LogP contribution in [-0.2, 0) is 19.3 Å². The zero-order valence-electron chi connectivity index (χ0n) is 9.96. The lowest BCUT2D eigenvalue weighted by molar-refractivity contribution is -0.236. The summed E-state index contributed by atoms with van der Waals surface area (Å²) in [6.07, 6.45) is -6.29. The van der Waals surface area contributed by atoms with Crippen molar-refractivity contribution in [3.8, 4) is 0 Å². The number of aliphatic hydroxyl groups excluding tert-OH is 3. The Hall–Kier alpha value is -0.290. The minimum atomic E-state index is -4.90. The van der Waals surface area contributed by atoms with Gasteiger partial charge in [-0.15, -0.1) is 0 Å². The molecule has 1 heterocycles. The highest BCUT2D eigenvalue weighted by Gasteiger charge is 2.44. The fraction of sp³-hybridized carbons (Fsp3) is 1.00. The maximum Gasteiger partial charge on any atom is 0.217 e. The maximum absolute atomic E-state index is 10.3. The van der Waals surface area contributed by atoms with Gasteiger partial charge in [-0.05, 0) is 5.92 Å². The largest absolute Gasteiger partial charge is 0.726 e. The number of hydrogen-bond donors (Lipinski definition) is 3. The Kier molecular flexibility index (Phi) is 5.06. The molecular formula is C9H17O8S-. The van der Waals surface area contributed by atoms with Crippen molar-refractivity contribution >= 4 is 10.4 Å². The van der Waals surface area contributed by atoms with E-state index in [1.165, 1.54) is 0 Å². The molecule has 108 valence electrons. The second-order valence-electron chi connectivity index (χ2n) is 4.55. The number of hydrogen-bond acceptors (Lipinski definition) is 8. The van der Waals surface area contributed by atoms with E-state index in [0.717, 1.165) is 0 Å². The maximum atomic E-state index is 10.3. The van der Waals surface area contributed by atoms with Crippen LogP contribution in [0.4, 0.5) is 0 Å². The van der Waals surface area contributed by atoms with Crippen LogP contribution < -0.4 is 0 Å². The van der Waals surface area contributed by atoms with E-state index in [4.69, 9.17) is 4.74 Å². The van der Waals surface area contributed by atoms with Crippen molar-refractivity contribution in [1.82, 2.24) is 0 Å². The molecule has 0 saturated carbocycles. The number of rotatable bonds is 4. The lowest BCUT2D eigenvalue weighted by Crippen LogP contribution is -2.60. The Bertz CT molecular complexity index is 367. The summed E-state index contributed by atoms with van der Waals surface area (Å²) in [7, 11) is -4.90. The third kappa shape index (κ3) is 3.85. The molecule has 0 radical (unpaired) electrons. The van der Waals surface area contributed by atoms with Crippen molar-refractivity contribution in [3.05, 3.63) is 0 Å². The summed E-state index contributed by atoms with van der Waals surface area (Å²) in [6, 6.07) is 0. The van der Waals surface area contributed by atoms with Gasteiger partial charge in [0.1, 0.15) is 24.4 Å². The molecule has 0 bridgehead atoms. The molecule has 1 aliphatic rings. The number of ether oxygens (including phenoxy) is 1. The van der Waals surface area contributed by atoms with Crippen LogP contribution >= 0.6 is 0 Å². The van der Waals surface area contributed by atoms with Gasteiger partial charge in [0.05, 0.1) is 12.7 Å². The summed E-state index contributed by atoms with van der Waals surface area (Å²) in [6.45, 7) is 2.74. The van der Waals surface area contributed by atoms with Crippen LogP contribution in [0.1, 0.15) is 13.8 Å². The van der Waals surface area contributed by atoms with Gasteiger partial charge in [0.2, 0.25) is 10.4 Å². The van der Waals surface area contributed by atoms with Gasteiger partial charge in [0.15, 0.2) is 0 Å². The SMILES string of the molecule is CC(C)[C@@H]1OC(COS(=O)(=O)[O-])[C@@H](O)[C@@H](O)C1O. The third-order valence-corrected chi connectivity index (χ3v) is 3.21. The average Bonchev–Trinajstić information content (AvgIpc) is 2.23. The van der Waals surface area contributed by atoms with Crippen LogP contribution in [0.5, 0.6) is 0 Å². The molecule has 18 heavy (non-hydrogen) atoms. The smallest absolute Gasteiger partial charge is 0.217 e. The highest BCUT2D eigenvalue weighted by molar-refractivity contribution is 7.80. The van der Waals surface area contributed by atoms with E-state index in [9.17, 15) is 28.3 Å². The summed E-state index contributed by atoms with van der Waals surface area (Å²) in [5.74, 6) is -0.173. The fourth-order valence-electron chi connectivity index (χ4n) is 1.82. The molecule has 3 N–H and O–H groups in total. The Morgan fingerprint density at radius 2 is 1.78 bits per heavy atom. The van der Waals surface area contributed by atoms with E-state index in [-0.39, 0.29) is 5.92 Å². The lowest BCUT2D eigenvalue weighted by Gasteiger charge is -2.42. The topological polar surface area (TPSA) is 136 Å². The molecule has 0 aromatic carbocycles. The van der Waals surface area contributed by atoms with E-state index in [1.807, 2.05) is 0 Å². The molecule has 5 atom stereocenters. The summed E-state index contributed by atoms with van der Waals surface area (Å²) >= 11 is 0. The van der Waals surface area contributed by atoms with Crippen molar-refractivity contribution in [2.75, 3.05) is 6.61 Å². The monoisotopic (exact) mass is 285 g/mol. The minimum absolute atomic E-state index is 0.173. The fourth-order valence-corrected chi connectivity index (χ4v) is 2.12. The molecule has 1 aliphatic heterocycles. The predicted molar refractivity (Wildman–Crippen MR) is 57.2 cm³/mol. The highest BCUT2D eigenvalue weighted by atomic mass is 32.3. The molecule has 1 saturated heterocycles. The van der Waals surface area contributed by atoms with Gasteiger partial charge in [0, 0.05) is 0 Å². The molecule has 1 fully saturated rings. The third-order valence-electron chi connectivity index (χ3n) is 2.78. The lowest BCUT2D eigenvalue weighted by atomic mass is 9.90. The molecule has 9 heteroatoms. The molecule has 8 nitrogen and oxygen atoms in total. The van der Waals surface area contributed by atoms with Gasteiger partial charge in [-0.1, -0.05) is 13.8 Å². The van der Waals surface area contributed by atoms with Gasteiger partial charge in [-0.2, -0.15) is 0 Å². The number of aliphatic hydroxyl groups is 3. The molecule has 0 aromatic heterocycles. The van der Waals surface area contributed by atoms with Crippen LogP contribution in [0, 0.1) is 5.92 Å². The first kappa shape index (κ1) is 15.8. The van der Waals surface area contributed by atoms with Gasteiger partial charge in [0.25, 0.3) is 0 Å². The van der Waals surface area contributed by atoms with Gasteiger partial charge >= 0.3 is 0 Å². The molecule has 0 spiro atoms. The van der Waals surface area contributed by atoms with E-state index >= 15 is 0 Å². The van der Waals surface area contributed by atoms with Gasteiger partial charge in [-0.3, -0.25) is 4.18 Å². The first-order valence-corrected chi connectivity index (χ1v) is 6.76. The summed E-state index contributed by atoms with van der Waals surface area (Å²) in [5, 5.41) is 28.9. The summed E-state index contributed by atoms with van der Waals surface area (Å²) < 4.78 is 40.2. The molecule has 0 amide bonds. The first-order valence-electron chi connectivity index (χ1n) is 5.43. The van der Waals surface area contributed by atoms with Crippen molar-refractivity contribution in [2.24, 2.45) is 5.92 Å². The van der Waals surface area contributed by atoms with E-state index in [0.29, 0.717) is 0 Å². The molecule has 2 unspecified atom stereocenters. The zero-order chi connectivity index (χ0) is 14.1. The Morgan fingerprint density at radius 1 is 1.22 bits per heavy atom. The molecule has 0 aliphatic carbocycles. The van der Waals surface area contributed by atoms with Crippen molar-refractivity contribution in [3.63, 3.8) is 0 Å². The van der Waals surface area contributed by atoms with Crippen LogP contribution in [0.15, 0.2) is 0 Å². The second kappa shape index (κ2) is 5.78. The molecule has 1 rings (SSSR count). The Morgan fingerprint density at radius 3 is 2.22 bits per heavy atom. The van der Waals surface area contributed by atoms with Crippen LogP contribution in [0.25, 0.3) is 0 Å². The normalized spacial score (nSPS) is 38.1. The van der Waals surface area contributed by atoms with Crippen LogP contribution in [0.2, 0.25) is 0 Å². The van der Waals surface area contributed by atoms with Crippen LogP contribution in [0.3, 0.4) is 0 Å². The van der Waals surface area contributed by atoms with E-state index in [2.05, 4.69) is 4.18 Å². The zero-order valence-corrected chi connectivity index (χ0v) is 10.8. The standard InChI is InChI=1S/C9H18O8S/c1-4(2)9-8(12)7(11)6(10)5(17-9)3-16-18(13,14)15/h4-12H,3H2,1-2H3,(H,13,14,15)/p-1/t5?,6-,7-,8?,9+/m1/s1. The quantitative estimate of drug-likeness (QED) is 0.397. The second-order valence-corrected chi connectivity index (χ2v) is 5.60. The summed E-state index contributed by atoms with van der Waals surface area (Å²) in [4.78, 5) is 0. The molecule has 0 aromatic rings. The summed E-state index contributed by atoms with van der Waals surface area (Å²) in [5.41, 5.74) is 0. The van der Waals surface area contributed by atoms with Gasteiger partial charge < -0.3 is 24.6 Å². The highest BCUT2D eigenvalue weighted by Crippen LogP contribution is 2.26. The van der Waals surface area contributed by atoms with Crippen LogP contribution in [-0.4, -0.2) is 65.4 Å². The van der Waals surface area contributed by atoms with E-state index in [1.54, 1.807) is 13.8 Å². The Balaban J connectivity index is 2.73. The van der Waals surface area contributed by atoms with Gasteiger partial charge in [-0.25, -0.2) is 8.42 Å². The first-order chi connectivity index (χ1) is 8.13. The van der Waals surface area contributed by atoms with Crippen molar-refractivity contribution in [1.29, 1.82) is 0 Å². The minimum Gasteiger partial charge on any atom is -0.726 e. The van der Waals surface area contributed by atoms with Crippen molar-refractivity contribution in [2.45, 2.75) is 44.4 Å². The average molecular weight is 285 g/mol. The van der Waals surface area contributed by atoms with E-state index < -0.39 is 47.5 Å². The Labute approximate surface area is 105 Å².